The van der Waals surface area contributed by atoms with Gasteiger partial charge in [0, 0.05) is 84.3 Å². The highest BCUT2D eigenvalue weighted by Gasteiger charge is 2.22. The summed E-state index contributed by atoms with van der Waals surface area (Å²) < 4.78 is 13.0. The van der Waals surface area contributed by atoms with Gasteiger partial charge in [0.15, 0.2) is 16.9 Å². The zero-order valence-electron chi connectivity index (χ0n) is 38.5. The quantitative estimate of drug-likeness (QED) is 0.167. The van der Waals surface area contributed by atoms with Crippen LogP contribution in [-0.4, -0.2) is 42.5 Å². The fourth-order valence-electron chi connectivity index (χ4n) is 11.5. The number of nitrogens with zero attached hydrogens (tertiary/aromatic N) is 9. The Morgan fingerprint density at radius 1 is 0.222 bits per heavy atom. The molecule has 9 nitrogen and oxygen atoms in total. The third-order valence-corrected chi connectivity index (χ3v) is 14.7. The molecular formula is C63H39N9. The fourth-order valence-corrected chi connectivity index (χ4v) is 11.5. The number of para-hydroxylation sites is 6. The molecule has 0 aliphatic heterocycles. The van der Waals surface area contributed by atoms with Gasteiger partial charge >= 0.3 is 0 Å². The van der Waals surface area contributed by atoms with Gasteiger partial charge in [-0.3, -0.25) is 0 Å². The van der Waals surface area contributed by atoms with E-state index in [1.54, 1.807) is 0 Å². The van der Waals surface area contributed by atoms with Crippen LogP contribution in [0.2, 0.25) is 0 Å². The van der Waals surface area contributed by atoms with E-state index in [1.807, 2.05) is 13.5 Å². The molecule has 0 fully saturated rings. The summed E-state index contributed by atoms with van der Waals surface area (Å²) in [7, 11) is 0. The first-order chi connectivity index (χ1) is 35.7. The second-order valence-electron chi connectivity index (χ2n) is 18.7. The SMILES string of the molecule is c1ccc(-n2c3ccccc3c3cc(-c4cc5n(n4)c4cc(-c6ccc7c(c6)c6ccccc6n7-c6ccccc6)nn4c4cc(-c6ccc7c(c6)c6ccccc6n7-c6ccccc6)nn54)ccc32)cc1. The predicted molar refractivity (Wildman–Crippen MR) is 292 cm³/mol. The molecule has 16 rings (SSSR count). The lowest BCUT2D eigenvalue weighted by Gasteiger charge is -2.07. The number of rotatable bonds is 6. The van der Waals surface area contributed by atoms with Gasteiger partial charge in [0.25, 0.3) is 0 Å². The summed E-state index contributed by atoms with van der Waals surface area (Å²) in [5, 5.41) is 23.3. The topological polar surface area (TPSA) is 66.7 Å². The molecule has 336 valence electrons. The highest BCUT2D eigenvalue weighted by molar-refractivity contribution is 6.12. The van der Waals surface area contributed by atoms with Gasteiger partial charge in [-0.15, -0.1) is 0 Å². The van der Waals surface area contributed by atoms with Crippen LogP contribution in [0.15, 0.2) is 237 Å². The minimum Gasteiger partial charge on any atom is -0.309 e. The Morgan fingerprint density at radius 2 is 0.486 bits per heavy atom. The minimum atomic E-state index is 0.833. The van der Waals surface area contributed by atoms with Crippen LogP contribution in [0.5, 0.6) is 0 Å². The summed E-state index contributed by atoms with van der Waals surface area (Å²) >= 11 is 0. The maximum Gasteiger partial charge on any atom is 0.162 e. The number of aromatic nitrogens is 9. The van der Waals surface area contributed by atoms with Crippen molar-refractivity contribution >= 4 is 82.4 Å². The molecule has 0 aliphatic rings. The van der Waals surface area contributed by atoms with Gasteiger partial charge in [0.1, 0.15) is 0 Å². The molecule has 0 unspecified atom stereocenters. The molecule has 0 amide bonds. The first kappa shape index (κ1) is 38.9. The van der Waals surface area contributed by atoms with E-state index in [9.17, 15) is 0 Å². The Labute approximate surface area is 410 Å². The Kier molecular flexibility index (Phi) is 7.98. The average molecular weight is 922 g/mol. The molecule has 7 aromatic heterocycles. The fraction of sp³-hybridized carbons (Fsp3) is 0. The summed E-state index contributed by atoms with van der Waals surface area (Å²) in [6.07, 6.45) is 0. The van der Waals surface area contributed by atoms with Crippen molar-refractivity contribution in [1.29, 1.82) is 0 Å². The number of fused-ring (bicyclic) bond motifs is 15. The van der Waals surface area contributed by atoms with E-state index in [-0.39, 0.29) is 0 Å². The van der Waals surface area contributed by atoms with Crippen LogP contribution >= 0.6 is 0 Å². The summed E-state index contributed by atoms with van der Waals surface area (Å²) in [6.45, 7) is 0. The number of hydrogen-bond acceptors (Lipinski definition) is 3. The maximum absolute atomic E-state index is 5.42. The molecule has 0 N–H and O–H groups in total. The first-order valence-electron chi connectivity index (χ1n) is 24.3. The van der Waals surface area contributed by atoms with Crippen molar-refractivity contribution in [3.63, 3.8) is 0 Å². The maximum atomic E-state index is 5.42. The molecule has 7 heterocycles. The van der Waals surface area contributed by atoms with E-state index >= 15 is 0 Å². The van der Waals surface area contributed by atoms with Crippen molar-refractivity contribution in [3.05, 3.63) is 237 Å². The van der Waals surface area contributed by atoms with Crippen molar-refractivity contribution < 1.29 is 0 Å². The Morgan fingerprint density at radius 3 is 0.792 bits per heavy atom. The van der Waals surface area contributed by atoms with Crippen LogP contribution in [0.25, 0.3) is 133 Å². The van der Waals surface area contributed by atoms with Crippen LogP contribution in [0.1, 0.15) is 0 Å². The Hall–Kier alpha value is -9.99. The molecule has 0 saturated heterocycles. The van der Waals surface area contributed by atoms with Crippen molar-refractivity contribution in [2.24, 2.45) is 0 Å². The van der Waals surface area contributed by atoms with Gasteiger partial charge in [-0.25, -0.2) is 0 Å². The molecule has 0 bridgehead atoms. The first-order valence-corrected chi connectivity index (χ1v) is 24.3. The molecule has 16 aromatic rings. The minimum absolute atomic E-state index is 0.833. The van der Waals surface area contributed by atoms with Gasteiger partial charge in [-0.2, -0.15) is 28.8 Å². The largest absolute Gasteiger partial charge is 0.309 e. The smallest absolute Gasteiger partial charge is 0.162 e. The van der Waals surface area contributed by atoms with E-state index in [0.29, 0.717) is 0 Å². The summed E-state index contributed by atoms with van der Waals surface area (Å²) in [4.78, 5) is 0. The summed E-state index contributed by atoms with van der Waals surface area (Å²) in [5.74, 6) is 0. The van der Waals surface area contributed by atoms with Gasteiger partial charge in [0.05, 0.1) is 50.2 Å². The molecule has 0 aliphatic carbocycles. The molecule has 0 saturated carbocycles. The highest BCUT2D eigenvalue weighted by Crippen LogP contribution is 2.39. The van der Waals surface area contributed by atoms with E-state index in [1.165, 1.54) is 32.3 Å². The van der Waals surface area contributed by atoms with Gasteiger partial charge in [-0.1, -0.05) is 127 Å². The van der Waals surface area contributed by atoms with Crippen molar-refractivity contribution in [1.82, 2.24) is 42.5 Å². The zero-order chi connectivity index (χ0) is 47.0. The summed E-state index contributed by atoms with van der Waals surface area (Å²) in [5.41, 5.74) is 18.4. The van der Waals surface area contributed by atoms with Crippen LogP contribution in [0.3, 0.4) is 0 Å². The van der Waals surface area contributed by atoms with Crippen molar-refractivity contribution in [2.75, 3.05) is 0 Å². The van der Waals surface area contributed by atoms with E-state index in [2.05, 4.69) is 250 Å². The molecule has 72 heavy (non-hydrogen) atoms. The van der Waals surface area contributed by atoms with Gasteiger partial charge in [-0.05, 0) is 91.0 Å². The molecule has 0 spiro atoms. The van der Waals surface area contributed by atoms with E-state index in [0.717, 1.165) is 101 Å². The summed E-state index contributed by atoms with van der Waals surface area (Å²) in [6, 6.07) is 84.3. The Bertz CT molecular complexity index is 4270. The third-order valence-electron chi connectivity index (χ3n) is 14.7. The monoisotopic (exact) mass is 921 g/mol. The van der Waals surface area contributed by atoms with Crippen LogP contribution in [-0.2, 0) is 0 Å². The highest BCUT2D eigenvalue weighted by atomic mass is 15.4. The number of benzene rings is 9. The Balaban J connectivity index is 0.915. The lowest BCUT2D eigenvalue weighted by molar-refractivity contribution is 0.831. The molecule has 9 heteroatoms. The second kappa shape index (κ2) is 14.8. The molecular weight excluding hydrogens is 883 g/mol. The molecule has 0 atom stereocenters. The van der Waals surface area contributed by atoms with Gasteiger partial charge in [0.2, 0.25) is 0 Å². The zero-order valence-corrected chi connectivity index (χ0v) is 38.5. The number of hydrogen-bond donors (Lipinski definition) is 0. The lowest BCUT2D eigenvalue weighted by atomic mass is 10.1. The van der Waals surface area contributed by atoms with Crippen LogP contribution < -0.4 is 0 Å². The molecule has 0 radical (unpaired) electrons. The van der Waals surface area contributed by atoms with E-state index in [4.69, 9.17) is 15.3 Å². The van der Waals surface area contributed by atoms with Crippen molar-refractivity contribution in [2.45, 2.75) is 0 Å². The normalized spacial score (nSPS) is 12.2. The average Bonchev–Trinajstić information content (AvgIpc) is 4.31. The lowest BCUT2D eigenvalue weighted by Crippen LogP contribution is -2.04. The standard InChI is InChI=1S/C63H39N9/c1-4-16-43(17-5-1)67-55-25-13-10-22-46(55)49-34-40(28-31-58(49)67)52-37-61-70(64-52)62-38-53(41-29-32-59-50(35-41)47-23-11-14-26-56(47)68(59)44-18-6-2-7-19-44)66-72(62)63-39-54(65-71(61)63)42-30-33-60-51(36-42)48-24-12-15-27-57(48)69(60)45-20-8-3-9-21-45/h1-39H. The van der Waals surface area contributed by atoms with Crippen LogP contribution in [0.4, 0.5) is 0 Å². The van der Waals surface area contributed by atoms with E-state index < -0.39 is 0 Å². The predicted octanol–water partition coefficient (Wildman–Crippen LogP) is 14.9. The van der Waals surface area contributed by atoms with Gasteiger partial charge < -0.3 is 13.7 Å². The van der Waals surface area contributed by atoms with Crippen LogP contribution in [0, 0.1) is 0 Å². The molecule has 9 aromatic carbocycles. The third kappa shape index (κ3) is 5.55. The van der Waals surface area contributed by atoms with Crippen molar-refractivity contribution in [3.8, 4) is 50.8 Å². The second-order valence-corrected chi connectivity index (χ2v) is 18.7.